The summed E-state index contributed by atoms with van der Waals surface area (Å²) >= 11 is 1.49. The summed E-state index contributed by atoms with van der Waals surface area (Å²) in [6, 6.07) is 2.07. The topological polar surface area (TPSA) is 68.2 Å². The standard InChI is InChI=1S/C21H30N4OS/c1-15-6-3-9-18(15)20(19-10-4-7-16(19)2)23-21(26)24-27-17-8-5-12-25(14-17)13-11-22/h17H,1,3-10,12-14H2,2H3,(H2,23,24,26)/b20-18+. The molecule has 0 aromatic rings. The molecule has 1 saturated heterocycles. The zero-order valence-electron chi connectivity index (χ0n) is 16.3. The number of rotatable bonds is 5. The smallest absolute Gasteiger partial charge is 0.307 e. The first-order valence-electron chi connectivity index (χ1n) is 10.0. The lowest BCUT2D eigenvalue weighted by atomic mass is 10.0. The summed E-state index contributed by atoms with van der Waals surface area (Å²) in [6.07, 6.45) is 8.62. The molecular weight excluding hydrogens is 356 g/mol. The van der Waals surface area contributed by atoms with Crippen LogP contribution < -0.4 is 10.0 Å². The number of carbonyl (C=O) groups is 1. The molecule has 2 aliphatic carbocycles. The Morgan fingerprint density at radius 3 is 2.78 bits per heavy atom. The van der Waals surface area contributed by atoms with Gasteiger partial charge in [-0.2, -0.15) is 5.26 Å². The Balaban J connectivity index is 1.61. The zero-order valence-corrected chi connectivity index (χ0v) is 17.1. The SMILES string of the molecule is C=C1CCC/C1=C(\NC(=O)NSC1CCCN(CC#N)C1)C1=C(C)CCC1. The second-order valence-electron chi connectivity index (χ2n) is 7.75. The van der Waals surface area contributed by atoms with E-state index in [1.807, 2.05) is 0 Å². The summed E-state index contributed by atoms with van der Waals surface area (Å²) in [5.41, 5.74) is 6.13. The van der Waals surface area contributed by atoms with Gasteiger partial charge in [-0.05, 0) is 93.5 Å². The summed E-state index contributed by atoms with van der Waals surface area (Å²) in [4.78, 5) is 14.8. The molecule has 2 N–H and O–H groups in total. The Labute approximate surface area is 167 Å². The molecule has 1 heterocycles. The molecule has 0 spiro atoms. The van der Waals surface area contributed by atoms with E-state index in [2.05, 4.69) is 34.5 Å². The summed E-state index contributed by atoms with van der Waals surface area (Å²) in [5.74, 6) is 0. The van der Waals surface area contributed by atoms with E-state index in [4.69, 9.17) is 5.26 Å². The molecule has 6 heteroatoms. The molecule has 0 radical (unpaired) electrons. The Morgan fingerprint density at radius 2 is 2.11 bits per heavy atom. The fourth-order valence-electron chi connectivity index (χ4n) is 4.30. The zero-order chi connectivity index (χ0) is 19.2. The molecule has 5 nitrogen and oxygen atoms in total. The van der Waals surface area contributed by atoms with Crippen molar-refractivity contribution in [3.8, 4) is 6.07 Å². The minimum Gasteiger partial charge on any atom is -0.307 e. The molecule has 1 unspecified atom stereocenters. The van der Waals surface area contributed by atoms with Gasteiger partial charge in [0.05, 0.1) is 12.6 Å². The van der Waals surface area contributed by atoms with Gasteiger partial charge < -0.3 is 5.32 Å². The lowest BCUT2D eigenvalue weighted by molar-refractivity contribution is 0.247. The molecular formula is C21H30N4OS. The van der Waals surface area contributed by atoms with Crippen LogP contribution >= 0.6 is 11.9 Å². The largest absolute Gasteiger partial charge is 0.329 e. The summed E-state index contributed by atoms with van der Waals surface area (Å²) in [7, 11) is 0. The number of nitrogens with zero attached hydrogens (tertiary/aromatic N) is 2. The lowest BCUT2D eigenvalue weighted by Gasteiger charge is -2.30. The number of allylic oxidation sites excluding steroid dienone is 4. The van der Waals surface area contributed by atoms with Crippen LogP contribution in [0.25, 0.3) is 0 Å². The molecule has 2 amide bonds. The molecule has 0 bridgehead atoms. The van der Waals surface area contributed by atoms with E-state index < -0.39 is 0 Å². The van der Waals surface area contributed by atoms with E-state index in [0.717, 1.165) is 63.7 Å². The highest BCUT2D eigenvalue weighted by Crippen LogP contribution is 2.38. The minimum absolute atomic E-state index is 0.146. The van der Waals surface area contributed by atoms with E-state index in [0.29, 0.717) is 11.8 Å². The van der Waals surface area contributed by atoms with Crippen molar-refractivity contribution in [1.29, 1.82) is 5.26 Å². The number of carbonyl (C=O) groups excluding carboxylic acids is 1. The van der Waals surface area contributed by atoms with Crippen LogP contribution in [0.1, 0.15) is 58.3 Å². The van der Waals surface area contributed by atoms with Crippen molar-refractivity contribution in [2.75, 3.05) is 19.6 Å². The van der Waals surface area contributed by atoms with Gasteiger partial charge in [0, 0.05) is 17.5 Å². The number of nitrogens with one attached hydrogen (secondary N) is 2. The number of likely N-dealkylation sites (tertiary alicyclic amines) is 1. The van der Waals surface area contributed by atoms with Crippen molar-refractivity contribution >= 4 is 18.0 Å². The van der Waals surface area contributed by atoms with Crippen LogP contribution in [-0.2, 0) is 0 Å². The Hall–Kier alpha value is -1.71. The first-order valence-corrected chi connectivity index (χ1v) is 10.9. The number of urea groups is 1. The third-order valence-corrected chi connectivity index (χ3v) is 6.76. The number of nitriles is 1. The highest BCUT2D eigenvalue weighted by atomic mass is 32.2. The number of piperidine rings is 1. The van der Waals surface area contributed by atoms with Crippen LogP contribution in [0.3, 0.4) is 0 Å². The van der Waals surface area contributed by atoms with Crippen molar-refractivity contribution in [3.05, 3.63) is 34.6 Å². The first-order chi connectivity index (χ1) is 13.1. The summed E-state index contributed by atoms with van der Waals surface area (Å²) in [6.45, 7) is 8.69. The third-order valence-electron chi connectivity index (χ3n) is 5.74. The maximum atomic E-state index is 12.6. The van der Waals surface area contributed by atoms with Crippen LogP contribution in [0.2, 0.25) is 0 Å². The van der Waals surface area contributed by atoms with Gasteiger partial charge in [0.25, 0.3) is 0 Å². The van der Waals surface area contributed by atoms with Crippen LogP contribution in [-0.4, -0.2) is 35.8 Å². The van der Waals surface area contributed by atoms with Crippen molar-refractivity contribution in [1.82, 2.24) is 14.9 Å². The van der Waals surface area contributed by atoms with E-state index in [1.54, 1.807) is 0 Å². The van der Waals surface area contributed by atoms with Crippen LogP contribution in [0.5, 0.6) is 0 Å². The van der Waals surface area contributed by atoms with Gasteiger partial charge in [0.15, 0.2) is 0 Å². The second kappa shape index (κ2) is 9.48. The van der Waals surface area contributed by atoms with E-state index in [9.17, 15) is 4.79 Å². The Bertz CT molecular complexity index is 703. The van der Waals surface area contributed by atoms with Crippen molar-refractivity contribution in [2.45, 2.75) is 63.5 Å². The number of amides is 2. The fraction of sp³-hybridized carbons (Fsp3) is 0.619. The van der Waals surface area contributed by atoms with E-state index in [-0.39, 0.29) is 6.03 Å². The van der Waals surface area contributed by atoms with Gasteiger partial charge in [0.2, 0.25) is 0 Å². The molecule has 0 aromatic heterocycles. The molecule has 1 aliphatic heterocycles. The maximum Gasteiger partial charge on any atom is 0.329 e. The lowest BCUT2D eigenvalue weighted by Crippen LogP contribution is -2.40. The predicted octanol–water partition coefficient (Wildman–Crippen LogP) is 4.42. The number of hydrogen-bond donors (Lipinski definition) is 2. The molecule has 27 heavy (non-hydrogen) atoms. The first kappa shape index (κ1) is 20.0. The summed E-state index contributed by atoms with van der Waals surface area (Å²) < 4.78 is 2.99. The third kappa shape index (κ3) is 5.18. The van der Waals surface area contributed by atoms with Gasteiger partial charge in [-0.3, -0.25) is 9.62 Å². The van der Waals surface area contributed by atoms with Crippen LogP contribution in [0.15, 0.2) is 34.6 Å². The second-order valence-corrected chi connectivity index (χ2v) is 8.86. The van der Waals surface area contributed by atoms with E-state index >= 15 is 0 Å². The van der Waals surface area contributed by atoms with Gasteiger partial charge in [-0.15, -0.1) is 0 Å². The van der Waals surface area contributed by atoms with Gasteiger partial charge >= 0.3 is 6.03 Å². The average Bonchev–Trinajstić information content (AvgIpc) is 3.27. The highest BCUT2D eigenvalue weighted by molar-refractivity contribution is 7.98. The monoisotopic (exact) mass is 386 g/mol. The van der Waals surface area contributed by atoms with Crippen LogP contribution in [0.4, 0.5) is 4.79 Å². The van der Waals surface area contributed by atoms with Crippen LogP contribution in [0, 0.1) is 11.3 Å². The predicted molar refractivity (Wildman–Crippen MR) is 111 cm³/mol. The van der Waals surface area contributed by atoms with Crippen molar-refractivity contribution < 1.29 is 4.79 Å². The molecule has 1 atom stereocenters. The van der Waals surface area contributed by atoms with Crippen molar-refractivity contribution in [2.24, 2.45) is 0 Å². The van der Waals surface area contributed by atoms with Gasteiger partial charge in [0.1, 0.15) is 0 Å². The van der Waals surface area contributed by atoms with E-state index in [1.165, 1.54) is 40.7 Å². The average molecular weight is 387 g/mol. The maximum absolute atomic E-state index is 12.6. The normalized spacial score (nSPS) is 25.5. The molecule has 146 valence electrons. The number of hydrogen-bond acceptors (Lipinski definition) is 4. The van der Waals surface area contributed by atoms with Gasteiger partial charge in [-0.1, -0.05) is 12.2 Å². The fourth-order valence-corrected chi connectivity index (χ4v) is 5.20. The molecule has 0 aromatic carbocycles. The minimum atomic E-state index is -0.146. The van der Waals surface area contributed by atoms with Crippen molar-refractivity contribution in [3.63, 3.8) is 0 Å². The molecule has 2 fully saturated rings. The summed E-state index contributed by atoms with van der Waals surface area (Å²) in [5, 5.41) is 12.4. The highest BCUT2D eigenvalue weighted by Gasteiger charge is 2.25. The molecule has 3 aliphatic rings. The van der Waals surface area contributed by atoms with Gasteiger partial charge in [-0.25, -0.2) is 4.79 Å². The Kier molecular flexibility index (Phi) is 7.03. The quantitative estimate of drug-likeness (QED) is 0.542. The molecule has 1 saturated carbocycles. The molecule has 3 rings (SSSR count). The Morgan fingerprint density at radius 1 is 1.30 bits per heavy atom.